The van der Waals surface area contributed by atoms with E-state index in [9.17, 15) is 4.79 Å². The van der Waals surface area contributed by atoms with Crippen molar-refractivity contribution in [3.05, 3.63) is 12.3 Å². The Hall–Kier alpha value is -0.990. The number of nitrogens with one attached hydrogen (secondary N) is 1. The summed E-state index contributed by atoms with van der Waals surface area (Å²) in [4.78, 5) is 10.0. The van der Waals surface area contributed by atoms with Crippen LogP contribution in [0.15, 0.2) is 12.3 Å². The van der Waals surface area contributed by atoms with E-state index < -0.39 is 0 Å². The topological polar surface area (TPSA) is 55.1 Å². The minimum absolute atomic E-state index is 0.176. The molecule has 1 amide bonds. The number of allylic oxidation sites excluding steroid dienone is 1. The maximum absolute atomic E-state index is 10.0. The number of amides is 1. The van der Waals surface area contributed by atoms with Crippen LogP contribution in [0.25, 0.3) is 0 Å². The fourth-order valence-electron chi connectivity index (χ4n) is 0.238. The first-order valence-corrected chi connectivity index (χ1v) is 2.30. The molecule has 3 heteroatoms. The summed E-state index contributed by atoms with van der Waals surface area (Å²) in [6.45, 7) is 5.45. The van der Waals surface area contributed by atoms with E-state index in [4.69, 9.17) is 5.73 Å². The van der Waals surface area contributed by atoms with Crippen molar-refractivity contribution < 1.29 is 4.79 Å². The Morgan fingerprint density at radius 2 is 2.38 bits per heavy atom. The Bertz CT molecular complexity index is 95.0. The summed E-state index contributed by atoms with van der Waals surface area (Å²) in [6.07, 6.45) is 0. The molecule has 0 aromatic heterocycles. The largest absolute Gasteiger partial charge is 0.380 e. The van der Waals surface area contributed by atoms with Crippen molar-refractivity contribution in [1.82, 2.24) is 5.32 Å². The second-order valence-corrected chi connectivity index (χ2v) is 1.60. The molecule has 3 N–H and O–H groups in total. The van der Waals surface area contributed by atoms with Crippen molar-refractivity contribution in [1.29, 1.82) is 0 Å². The lowest BCUT2D eigenvalue weighted by molar-refractivity contribution is -0.117. The number of nitrogens with two attached hydrogens (primary N) is 1. The third-order valence-electron chi connectivity index (χ3n) is 0.564. The Kier molecular flexibility index (Phi) is 2.69. The van der Waals surface area contributed by atoms with E-state index >= 15 is 0 Å². The van der Waals surface area contributed by atoms with Crippen molar-refractivity contribution in [2.45, 2.75) is 6.92 Å². The third-order valence-corrected chi connectivity index (χ3v) is 0.564. The Labute approximate surface area is 48.6 Å². The molecule has 0 saturated carbocycles. The van der Waals surface area contributed by atoms with Crippen molar-refractivity contribution in [3.63, 3.8) is 0 Å². The van der Waals surface area contributed by atoms with Gasteiger partial charge in [0, 0.05) is 5.70 Å². The van der Waals surface area contributed by atoms with Crippen LogP contribution in [0.3, 0.4) is 0 Å². The third kappa shape index (κ3) is 5.01. The van der Waals surface area contributed by atoms with Crippen molar-refractivity contribution in [2.75, 3.05) is 6.54 Å². The summed E-state index contributed by atoms with van der Waals surface area (Å²) in [5.74, 6) is -0.368. The lowest BCUT2D eigenvalue weighted by atomic mass is 10.5. The van der Waals surface area contributed by atoms with Gasteiger partial charge in [-0.1, -0.05) is 6.58 Å². The van der Waals surface area contributed by atoms with Gasteiger partial charge >= 0.3 is 0 Å². The predicted molar refractivity (Wildman–Crippen MR) is 32.0 cm³/mol. The normalized spacial score (nSPS) is 8.12. The molecule has 0 aromatic rings. The molecule has 0 aliphatic rings. The summed E-state index contributed by atoms with van der Waals surface area (Å²) in [5, 5.41) is 2.68. The zero-order chi connectivity index (χ0) is 6.57. The second kappa shape index (κ2) is 3.07. The van der Waals surface area contributed by atoms with Gasteiger partial charge in [-0.25, -0.2) is 0 Å². The van der Waals surface area contributed by atoms with Crippen LogP contribution in [-0.2, 0) is 4.79 Å². The summed E-state index contributed by atoms with van der Waals surface area (Å²) in [7, 11) is 0. The number of hydrogen-bond donors (Lipinski definition) is 2. The van der Waals surface area contributed by atoms with Gasteiger partial charge in [-0.3, -0.25) is 4.79 Å². The van der Waals surface area contributed by atoms with Crippen LogP contribution in [-0.4, -0.2) is 12.5 Å². The zero-order valence-corrected chi connectivity index (χ0v) is 4.90. The molecule has 0 aromatic carbocycles. The highest BCUT2D eigenvalue weighted by Gasteiger charge is 1.88. The minimum Gasteiger partial charge on any atom is -0.380 e. The number of hydrogen-bond acceptors (Lipinski definition) is 2. The molecule has 0 atom stereocenters. The number of primary amides is 1. The molecule has 0 radical (unpaired) electrons. The van der Waals surface area contributed by atoms with E-state index in [-0.39, 0.29) is 12.5 Å². The minimum atomic E-state index is -0.368. The van der Waals surface area contributed by atoms with Crippen molar-refractivity contribution >= 4 is 5.91 Å². The summed E-state index contributed by atoms with van der Waals surface area (Å²) < 4.78 is 0. The van der Waals surface area contributed by atoms with E-state index in [1.807, 2.05) is 0 Å². The summed E-state index contributed by atoms with van der Waals surface area (Å²) in [5.41, 5.74) is 5.55. The standard InChI is InChI=1S/C5H10N2O/c1-4(2)7-3-5(6)8/h7H,1,3H2,2H3,(H2,6,8). The van der Waals surface area contributed by atoms with Crippen LogP contribution in [0.1, 0.15) is 6.92 Å². The molecule has 0 spiro atoms. The molecule has 0 fully saturated rings. The molecular weight excluding hydrogens is 104 g/mol. The van der Waals surface area contributed by atoms with Gasteiger partial charge in [-0.15, -0.1) is 0 Å². The molecule has 0 rings (SSSR count). The van der Waals surface area contributed by atoms with E-state index in [0.717, 1.165) is 5.70 Å². The quantitative estimate of drug-likeness (QED) is 0.524. The van der Waals surface area contributed by atoms with Gasteiger partial charge in [0.2, 0.25) is 5.91 Å². The van der Waals surface area contributed by atoms with Gasteiger partial charge in [0.15, 0.2) is 0 Å². The molecule has 0 heterocycles. The molecule has 0 unspecified atom stereocenters. The zero-order valence-electron chi connectivity index (χ0n) is 4.90. The van der Waals surface area contributed by atoms with E-state index in [2.05, 4.69) is 11.9 Å². The SMILES string of the molecule is C=C(C)NCC(N)=O. The van der Waals surface area contributed by atoms with Crippen LogP contribution in [0.2, 0.25) is 0 Å². The molecule has 0 aliphatic heterocycles. The molecule has 8 heavy (non-hydrogen) atoms. The first-order chi connectivity index (χ1) is 3.63. The number of carbonyl (C=O) groups is 1. The Morgan fingerprint density at radius 3 is 2.50 bits per heavy atom. The maximum atomic E-state index is 10.0. The monoisotopic (exact) mass is 114 g/mol. The molecule has 3 nitrogen and oxygen atoms in total. The van der Waals surface area contributed by atoms with E-state index in [0.29, 0.717) is 0 Å². The number of rotatable bonds is 3. The van der Waals surface area contributed by atoms with Crippen LogP contribution < -0.4 is 11.1 Å². The molecular formula is C5H10N2O. The highest BCUT2D eigenvalue weighted by atomic mass is 16.1. The Balaban J connectivity index is 3.18. The van der Waals surface area contributed by atoms with Crippen LogP contribution in [0.5, 0.6) is 0 Å². The van der Waals surface area contributed by atoms with E-state index in [1.165, 1.54) is 0 Å². The van der Waals surface area contributed by atoms with Gasteiger partial charge in [0.25, 0.3) is 0 Å². The highest BCUT2D eigenvalue weighted by molar-refractivity contribution is 5.76. The van der Waals surface area contributed by atoms with Crippen LogP contribution in [0, 0.1) is 0 Å². The Morgan fingerprint density at radius 1 is 1.88 bits per heavy atom. The summed E-state index contributed by atoms with van der Waals surface area (Å²) in [6, 6.07) is 0. The van der Waals surface area contributed by atoms with Gasteiger partial charge < -0.3 is 11.1 Å². The van der Waals surface area contributed by atoms with Gasteiger partial charge in [-0.05, 0) is 6.92 Å². The van der Waals surface area contributed by atoms with Gasteiger partial charge in [0.05, 0.1) is 6.54 Å². The fourth-order valence-corrected chi connectivity index (χ4v) is 0.238. The second-order valence-electron chi connectivity index (χ2n) is 1.60. The molecule has 0 aliphatic carbocycles. The average molecular weight is 114 g/mol. The summed E-state index contributed by atoms with van der Waals surface area (Å²) >= 11 is 0. The van der Waals surface area contributed by atoms with Crippen LogP contribution in [0.4, 0.5) is 0 Å². The maximum Gasteiger partial charge on any atom is 0.236 e. The lowest BCUT2D eigenvalue weighted by Gasteiger charge is -1.98. The lowest BCUT2D eigenvalue weighted by Crippen LogP contribution is -2.26. The van der Waals surface area contributed by atoms with Crippen LogP contribution >= 0.6 is 0 Å². The molecule has 0 bridgehead atoms. The first-order valence-electron chi connectivity index (χ1n) is 2.30. The van der Waals surface area contributed by atoms with E-state index in [1.54, 1.807) is 6.92 Å². The average Bonchev–Trinajstić information content (AvgIpc) is 1.61. The van der Waals surface area contributed by atoms with Crippen molar-refractivity contribution in [3.8, 4) is 0 Å². The first kappa shape index (κ1) is 7.01. The predicted octanol–water partition coefficient (Wildman–Crippen LogP) is -0.405. The van der Waals surface area contributed by atoms with Gasteiger partial charge in [0.1, 0.15) is 0 Å². The fraction of sp³-hybridized carbons (Fsp3) is 0.400. The number of carbonyl (C=O) groups excluding carboxylic acids is 1. The highest BCUT2D eigenvalue weighted by Crippen LogP contribution is 1.73. The smallest absolute Gasteiger partial charge is 0.236 e. The van der Waals surface area contributed by atoms with Gasteiger partial charge in [-0.2, -0.15) is 0 Å². The molecule has 0 saturated heterocycles. The molecule has 46 valence electrons. The van der Waals surface area contributed by atoms with Crippen molar-refractivity contribution in [2.24, 2.45) is 5.73 Å².